The van der Waals surface area contributed by atoms with E-state index in [4.69, 9.17) is 5.11 Å². The SMILES string of the molecule is O=C([O-])CCCCCCC[C@H](O)[C@@H](O)CCCCCCO. The lowest BCUT2D eigenvalue weighted by atomic mass is 10.00. The minimum Gasteiger partial charge on any atom is -0.550 e. The van der Waals surface area contributed by atoms with Gasteiger partial charge in [-0.25, -0.2) is 0 Å². The lowest BCUT2D eigenvalue weighted by Gasteiger charge is -2.17. The molecule has 5 nitrogen and oxygen atoms in total. The third kappa shape index (κ3) is 14.1. The van der Waals surface area contributed by atoms with Crippen molar-refractivity contribution >= 4 is 5.97 Å². The Kier molecular flexibility index (Phi) is 13.9. The van der Waals surface area contributed by atoms with Crippen LogP contribution in [0.3, 0.4) is 0 Å². The number of rotatable bonds is 15. The van der Waals surface area contributed by atoms with Gasteiger partial charge < -0.3 is 25.2 Å². The first kappa shape index (κ1) is 20.3. The van der Waals surface area contributed by atoms with Gasteiger partial charge >= 0.3 is 0 Å². The standard InChI is InChI=1S/C16H32O5/c17-13-9-5-4-7-11-15(19)14(18)10-6-2-1-3-8-12-16(20)21/h14-15,17-19H,1-13H2,(H,20,21)/p-1/t14-,15-/m0/s1. The number of aliphatic hydroxyl groups excluding tert-OH is 3. The second-order valence-electron chi connectivity index (χ2n) is 5.74. The lowest BCUT2D eigenvalue weighted by molar-refractivity contribution is -0.305. The van der Waals surface area contributed by atoms with Crippen molar-refractivity contribution in [3.8, 4) is 0 Å². The third-order valence-electron chi connectivity index (χ3n) is 3.73. The monoisotopic (exact) mass is 303 g/mol. The molecule has 0 amide bonds. The Morgan fingerprint density at radius 3 is 1.67 bits per heavy atom. The molecule has 0 heterocycles. The normalized spacial score (nSPS) is 14.0. The molecule has 0 aliphatic heterocycles. The number of unbranched alkanes of at least 4 members (excludes halogenated alkanes) is 7. The highest BCUT2D eigenvalue weighted by atomic mass is 16.4. The molecule has 3 N–H and O–H groups in total. The summed E-state index contributed by atoms with van der Waals surface area (Å²) in [5, 5.41) is 38.5. The van der Waals surface area contributed by atoms with Crippen LogP contribution in [0, 0.1) is 0 Å². The van der Waals surface area contributed by atoms with E-state index in [0.29, 0.717) is 19.3 Å². The zero-order valence-corrected chi connectivity index (χ0v) is 13.0. The molecular formula is C16H31O5-. The molecule has 0 bridgehead atoms. The Balaban J connectivity index is 3.38. The quantitative estimate of drug-likeness (QED) is 0.394. The van der Waals surface area contributed by atoms with Crippen LogP contribution in [-0.4, -0.2) is 40.1 Å². The van der Waals surface area contributed by atoms with Crippen LogP contribution in [0.1, 0.15) is 77.0 Å². The molecule has 0 saturated carbocycles. The van der Waals surface area contributed by atoms with Crippen molar-refractivity contribution in [2.24, 2.45) is 0 Å². The van der Waals surface area contributed by atoms with E-state index in [1.54, 1.807) is 0 Å². The van der Waals surface area contributed by atoms with Gasteiger partial charge in [0.2, 0.25) is 0 Å². The lowest BCUT2D eigenvalue weighted by Crippen LogP contribution is -2.25. The Morgan fingerprint density at radius 1 is 0.762 bits per heavy atom. The molecule has 0 aliphatic carbocycles. The summed E-state index contributed by atoms with van der Waals surface area (Å²) in [4.78, 5) is 10.2. The molecule has 0 radical (unpaired) electrons. The second-order valence-corrected chi connectivity index (χ2v) is 5.74. The van der Waals surface area contributed by atoms with Gasteiger partial charge in [-0.2, -0.15) is 0 Å². The molecule has 5 heteroatoms. The zero-order chi connectivity index (χ0) is 15.9. The first-order valence-corrected chi connectivity index (χ1v) is 8.24. The van der Waals surface area contributed by atoms with Gasteiger partial charge in [-0.3, -0.25) is 0 Å². The van der Waals surface area contributed by atoms with Crippen molar-refractivity contribution in [3.63, 3.8) is 0 Å². The van der Waals surface area contributed by atoms with Crippen molar-refractivity contribution in [3.05, 3.63) is 0 Å². The van der Waals surface area contributed by atoms with Crippen molar-refractivity contribution in [1.29, 1.82) is 0 Å². The predicted molar refractivity (Wildman–Crippen MR) is 79.5 cm³/mol. The maximum atomic E-state index is 10.2. The summed E-state index contributed by atoms with van der Waals surface area (Å²) in [7, 11) is 0. The van der Waals surface area contributed by atoms with Crippen LogP contribution in [0.5, 0.6) is 0 Å². The molecule has 0 saturated heterocycles. The summed E-state index contributed by atoms with van der Waals surface area (Å²) in [5.74, 6) is -0.993. The number of hydrogen-bond donors (Lipinski definition) is 3. The Labute approximate surface area is 128 Å². The minimum absolute atomic E-state index is 0.123. The minimum atomic E-state index is -0.993. The molecule has 0 unspecified atom stereocenters. The van der Waals surface area contributed by atoms with E-state index < -0.39 is 18.2 Å². The van der Waals surface area contributed by atoms with Gasteiger partial charge in [0.05, 0.1) is 12.2 Å². The summed E-state index contributed by atoms with van der Waals surface area (Å²) in [6.45, 7) is 0.216. The van der Waals surface area contributed by atoms with E-state index in [-0.39, 0.29) is 13.0 Å². The van der Waals surface area contributed by atoms with Crippen LogP contribution >= 0.6 is 0 Å². The molecule has 126 valence electrons. The number of hydrogen-bond acceptors (Lipinski definition) is 5. The maximum absolute atomic E-state index is 10.2. The van der Waals surface area contributed by atoms with Crippen molar-refractivity contribution in [2.45, 2.75) is 89.3 Å². The van der Waals surface area contributed by atoms with Crippen LogP contribution in [0.2, 0.25) is 0 Å². The summed E-state index contributed by atoms with van der Waals surface area (Å²) in [6.07, 6.45) is 7.92. The van der Waals surface area contributed by atoms with E-state index in [1.807, 2.05) is 0 Å². The first-order chi connectivity index (χ1) is 10.1. The third-order valence-corrected chi connectivity index (χ3v) is 3.73. The predicted octanol–water partition coefficient (Wildman–Crippen LogP) is 1.13. The highest BCUT2D eigenvalue weighted by Crippen LogP contribution is 2.14. The number of aliphatic carboxylic acids is 1. The fourth-order valence-electron chi connectivity index (χ4n) is 2.36. The molecule has 21 heavy (non-hydrogen) atoms. The average Bonchev–Trinajstić information content (AvgIpc) is 2.45. The van der Waals surface area contributed by atoms with Crippen molar-refractivity contribution < 1.29 is 25.2 Å². The summed E-state index contributed by atoms with van der Waals surface area (Å²) in [5.41, 5.74) is 0. The molecule has 0 spiro atoms. The van der Waals surface area contributed by atoms with Gasteiger partial charge in [-0.1, -0.05) is 44.9 Å². The molecule has 2 atom stereocenters. The molecular weight excluding hydrogens is 272 g/mol. The van der Waals surface area contributed by atoms with Gasteiger partial charge in [-0.15, -0.1) is 0 Å². The Hall–Kier alpha value is -0.650. The zero-order valence-electron chi connectivity index (χ0n) is 13.0. The number of carbonyl (C=O) groups excluding carboxylic acids is 1. The molecule has 0 aromatic heterocycles. The number of aliphatic hydroxyl groups is 3. The van der Waals surface area contributed by atoms with Gasteiger partial charge in [0.15, 0.2) is 0 Å². The number of carboxylic acid groups (broad SMARTS) is 1. The van der Waals surface area contributed by atoms with Crippen LogP contribution < -0.4 is 5.11 Å². The van der Waals surface area contributed by atoms with E-state index in [0.717, 1.165) is 51.4 Å². The van der Waals surface area contributed by atoms with Gasteiger partial charge in [0.25, 0.3) is 0 Å². The first-order valence-electron chi connectivity index (χ1n) is 8.24. The molecule has 0 fully saturated rings. The van der Waals surface area contributed by atoms with Crippen LogP contribution in [0.15, 0.2) is 0 Å². The maximum Gasteiger partial charge on any atom is 0.0799 e. The highest BCUT2D eigenvalue weighted by Gasteiger charge is 2.14. The van der Waals surface area contributed by atoms with Gasteiger partial charge in [-0.05, 0) is 32.1 Å². The molecule has 0 rings (SSSR count). The van der Waals surface area contributed by atoms with E-state index >= 15 is 0 Å². The van der Waals surface area contributed by atoms with Crippen LogP contribution in [0.25, 0.3) is 0 Å². The van der Waals surface area contributed by atoms with E-state index in [9.17, 15) is 20.1 Å². The summed E-state index contributed by atoms with van der Waals surface area (Å²) >= 11 is 0. The fourth-order valence-corrected chi connectivity index (χ4v) is 2.36. The Morgan fingerprint density at radius 2 is 1.19 bits per heavy atom. The average molecular weight is 303 g/mol. The fraction of sp³-hybridized carbons (Fsp3) is 0.938. The van der Waals surface area contributed by atoms with Crippen molar-refractivity contribution in [1.82, 2.24) is 0 Å². The number of carbonyl (C=O) groups is 1. The van der Waals surface area contributed by atoms with Gasteiger partial charge in [0, 0.05) is 12.6 Å². The second kappa shape index (κ2) is 14.3. The highest BCUT2D eigenvalue weighted by molar-refractivity contribution is 5.63. The molecule has 0 aliphatic rings. The molecule has 0 aromatic carbocycles. The smallest absolute Gasteiger partial charge is 0.0799 e. The number of carboxylic acids is 1. The van der Waals surface area contributed by atoms with E-state index in [1.165, 1.54) is 0 Å². The van der Waals surface area contributed by atoms with E-state index in [2.05, 4.69) is 0 Å². The van der Waals surface area contributed by atoms with Crippen LogP contribution in [-0.2, 0) is 4.79 Å². The summed E-state index contributed by atoms with van der Waals surface area (Å²) in [6, 6.07) is 0. The largest absolute Gasteiger partial charge is 0.550 e. The van der Waals surface area contributed by atoms with Crippen molar-refractivity contribution in [2.75, 3.05) is 6.61 Å². The molecule has 0 aromatic rings. The topological polar surface area (TPSA) is 101 Å². The van der Waals surface area contributed by atoms with Crippen LogP contribution in [0.4, 0.5) is 0 Å². The Bertz CT molecular complexity index is 245. The summed E-state index contributed by atoms with van der Waals surface area (Å²) < 4.78 is 0. The van der Waals surface area contributed by atoms with Gasteiger partial charge in [0.1, 0.15) is 0 Å².